The van der Waals surface area contributed by atoms with E-state index in [9.17, 15) is 14.7 Å². The van der Waals surface area contributed by atoms with Crippen molar-refractivity contribution in [2.75, 3.05) is 11.4 Å². The molecule has 0 spiro atoms. The molecule has 1 aliphatic heterocycles. The highest BCUT2D eigenvalue weighted by Gasteiger charge is 2.33. The van der Waals surface area contributed by atoms with Gasteiger partial charge in [0.05, 0.1) is 11.6 Å². The molecule has 5 nitrogen and oxygen atoms in total. The molecule has 1 heterocycles. The monoisotopic (exact) mass is 389 g/mol. The van der Waals surface area contributed by atoms with E-state index >= 15 is 0 Å². The number of hydrogen-bond donors (Lipinski definition) is 1. The molecule has 6 heteroatoms. The van der Waals surface area contributed by atoms with E-state index in [0.717, 1.165) is 10.0 Å². The number of carboxylic acid groups (broad SMARTS) is 1. The molecule has 2 aromatic carbocycles. The summed E-state index contributed by atoms with van der Waals surface area (Å²) in [5, 5.41) is 9.40. The number of ether oxygens (including phenoxy) is 1. The zero-order valence-electron chi connectivity index (χ0n) is 12.8. The maximum absolute atomic E-state index is 12.4. The topological polar surface area (TPSA) is 66.8 Å². The highest BCUT2D eigenvalue weighted by atomic mass is 79.9. The van der Waals surface area contributed by atoms with Crippen molar-refractivity contribution in [2.45, 2.75) is 18.9 Å². The second-order valence-corrected chi connectivity index (χ2v) is 6.49. The summed E-state index contributed by atoms with van der Waals surface area (Å²) in [7, 11) is 0. The van der Waals surface area contributed by atoms with Crippen LogP contribution in [0, 0.1) is 0 Å². The minimum Gasteiger partial charge on any atom is -0.481 e. The van der Waals surface area contributed by atoms with Gasteiger partial charge in [-0.15, -0.1) is 0 Å². The molecule has 1 unspecified atom stereocenters. The summed E-state index contributed by atoms with van der Waals surface area (Å²) in [6.07, 6.45) is -0.106. The summed E-state index contributed by atoms with van der Waals surface area (Å²) in [5.41, 5.74) is 2.12. The second-order valence-electron chi connectivity index (χ2n) is 5.57. The number of halogens is 1. The zero-order chi connectivity index (χ0) is 17.1. The number of hydrogen-bond acceptors (Lipinski definition) is 3. The van der Waals surface area contributed by atoms with Gasteiger partial charge in [0.2, 0.25) is 0 Å². The summed E-state index contributed by atoms with van der Waals surface area (Å²) in [6.45, 7) is 0.504. The first-order valence-electron chi connectivity index (χ1n) is 7.56. The molecule has 0 saturated heterocycles. The van der Waals surface area contributed by atoms with Gasteiger partial charge in [-0.1, -0.05) is 46.3 Å². The van der Waals surface area contributed by atoms with Crippen molar-refractivity contribution < 1.29 is 19.4 Å². The maximum atomic E-state index is 12.4. The summed E-state index contributed by atoms with van der Waals surface area (Å²) >= 11 is 3.36. The molecule has 3 rings (SSSR count). The lowest BCUT2D eigenvalue weighted by atomic mass is 9.90. The Bertz CT molecular complexity index is 763. The average molecular weight is 390 g/mol. The van der Waals surface area contributed by atoms with Crippen LogP contribution >= 0.6 is 15.9 Å². The van der Waals surface area contributed by atoms with E-state index in [4.69, 9.17) is 4.74 Å². The quantitative estimate of drug-likeness (QED) is 0.855. The summed E-state index contributed by atoms with van der Waals surface area (Å²) < 4.78 is 6.16. The van der Waals surface area contributed by atoms with Gasteiger partial charge in [0.25, 0.3) is 0 Å². The van der Waals surface area contributed by atoms with E-state index in [0.29, 0.717) is 24.2 Å². The van der Waals surface area contributed by atoms with Gasteiger partial charge in [-0.2, -0.15) is 0 Å². The fourth-order valence-corrected chi connectivity index (χ4v) is 3.21. The third-order valence-corrected chi connectivity index (χ3v) is 4.51. The van der Waals surface area contributed by atoms with Gasteiger partial charge in [0.15, 0.2) is 0 Å². The van der Waals surface area contributed by atoms with Crippen LogP contribution in [-0.4, -0.2) is 23.7 Å². The largest absolute Gasteiger partial charge is 0.481 e. The lowest BCUT2D eigenvalue weighted by molar-refractivity contribution is -0.139. The number of carbonyl (C=O) groups is 2. The first kappa shape index (κ1) is 16.5. The highest BCUT2D eigenvalue weighted by Crippen LogP contribution is 2.37. The molecule has 0 bridgehead atoms. The Hall–Kier alpha value is -2.34. The Labute approximate surface area is 148 Å². The zero-order valence-corrected chi connectivity index (χ0v) is 14.4. The van der Waals surface area contributed by atoms with Crippen molar-refractivity contribution in [1.29, 1.82) is 0 Å². The predicted octanol–water partition coefficient (Wildman–Crippen LogP) is 4.16. The van der Waals surface area contributed by atoms with Crippen molar-refractivity contribution in [2.24, 2.45) is 0 Å². The van der Waals surface area contributed by atoms with Gasteiger partial charge in [-0.25, -0.2) is 4.79 Å². The number of amides is 1. The van der Waals surface area contributed by atoms with Gasteiger partial charge >= 0.3 is 12.1 Å². The van der Waals surface area contributed by atoms with Gasteiger partial charge in [0, 0.05) is 11.0 Å². The molecule has 0 fully saturated rings. The second kappa shape index (κ2) is 7.05. The van der Waals surface area contributed by atoms with E-state index < -0.39 is 18.0 Å². The minimum atomic E-state index is -0.883. The number of carboxylic acids is 1. The summed E-state index contributed by atoms with van der Waals surface area (Å²) in [5.74, 6) is -1.50. The third kappa shape index (κ3) is 3.43. The number of benzene rings is 2. The molecule has 0 aliphatic carbocycles. The van der Waals surface area contributed by atoms with Gasteiger partial charge < -0.3 is 9.84 Å². The molecule has 1 aliphatic rings. The Balaban J connectivity index is 1.80. The Morgan fingerprint density at radius 1 is 1.21 bits per heavy atom. The molecular weight excluding hydrogens is 374 g/mol. The van der Waals surface area contributed by atoms with Crippen LogP contribution < -0.4 is 4.90 Å². The molecule has 0 radical (unpaired) electrons. The minimum absolute atomic E-state index is 0.185. The van der Waals surface area contributed by atoms with E-state index in [2.05, 4.69) is 15.9 Å². The van der Waals surface area contributed by atoms with Crippen molar-refractivity contribution in [3.05, 3.63) is 64.1 Å². The molecule has 0 saturated carbocycles. The van der Waals surface area contributed by atoms with Crippen LogP contribution in [0.3, 0.4) is 0 Å². The van der Waals surface area contributed by atoms with E-state index in [-0.39, 0.29) is 6.61 Å². The molecule has 2 aromatic rings. The van der Waals surface area contributed by atoms with Crippen molar-refractivity contribution in [1.82, 2.24) is 0 Å². The predicted molar refractivity (Wildman–Crippen MR) is 93.1 cm³/mol. The number of carbonyl (C=O) groups excluding carboxylic acids is 1. The Morgan fingerprint density at radius 3 is 2.67 bits per heavy atom. The van der Waals surface area contributed by atoms with Crippen LogP contribution in [0.25, 0.3) is 0 Å². The van der Waals surface area contributed by atoms with Crippen LogP contribution in [0.5, 0.6) is 0 Å². The fraction of sp³-hybridized carbons (Fsp3) is 0.222. The standard InChI is InChI=1S/C18H16BrNO4/c19-13-6-7-16-15(10-13)14(17(21)22)8-9-20(16)18(23)24-11-12-4-2-1-3-5-12/h1-7,10,14H,8-9,11H2,(H,21,22). The third-order valence-electron chi connectivity index (χ3n) is 4.02. The first-order chi connectivity index (χ1) is 11.6. The van der Waals surface area contributed by atoms with Gasteiger partial charge in [-0.3, -0.25) is 9.69 Å². The molecule has 1 atom stereocenters. The van der Waals surface area contributed by atoms with Crippen LogP contribution in [0.4, 0.5) is 10.5 Å². The molecule has 1 amide bonds. The molecule has 124 valence electrons. The lowest BCUT2D eigenvalue weighted by Gasteiger charge is -2.32. The molecule has 24 heavy (non-hydrogen) atoms. The van der Waals surface area contributed by atoms with Gasteiger partial charge in [-0.05, 0) is 35.7 Å². The van der Waals surface area contributed by atoms with Crippen LogP contribution in [0.1, 0.15) is 23.5 Å². The summed E-state index contributed by atoms with van der Waals surface area (Å²) in [6, 6.07) is 14.7. The van der Waals surface area contributed by atoms with E-state index in [1.807, 2.05) is 30.3 Å². The van der Waals surface area contributed by atoms with Crippen molar-refractivity contribution in [3.63, 3.8) is 0 Å². The van der Waals surface area contributed by atoms with E-state index in [1.165, 1.54) is 4.90 Å². The van der Waals surface area contributed by atoms with E-state index in [1.54, 1.807) is 18.2 Å². The Morgan fingerprint density at radius 2 is 1.96 bits per heavy atom. The first-order valence-corrected chi connectivity index (χ1v) is 8.36. The maximum Gasteiger partial charge on any atom is 0.414 e. The number of nitrogens with zero attached hydrogens (tertiary/aromatic N) is 1. The normalized spacial score (nSPS) is 16.4. The van der Waals surface area contributed by atoms with Crippen molar-refractivity contribution in [3.8, 4) is 0 Å². The summed E-state index contributed by atoms with van der Waals surface area (Å²) in [4.78, 5) is 25.4. The molecular formula is C18H16BrNO4. The van der Waals surface area contributed by atoms with Crippen LogP contribution in [-0.2, 0) is 16.1 Å². The number of rotatable bonds is 3. The Kier molecular flexibility index (Phi) is 4.85. The van der Waals surface area contributed by atoms with Crippen LogP contribution in [0.2, 0.25) is 0 Å². The SMILES string of the molecule is O=C(O)C1CCN(C(=O)OCc2ccccc2)c2ccc(Br)cc21. The van der Waals surface area contributed by atoms with Crippen LogP contribution in [0.15, 0.2) is 53.0 Å². The molecule has 0 aromatic heterocycles. The van der Waals surface area contributed by atoms with Gasteiger partial charge in [0.1, 0.15) is 6.61 Å². The number of anilines is 1. The average Bonchev–Trinajstić information content (AvgIpc) is 2.59. The smallest absolute Gasteiger partial charge is 0.414 e. The number of aliphatic carboxylic acids is 1. The lowest BCUT2D eigenvalue weighted by Crippen LogP contribution is -2.38. The molecule has 1 N–H and O–H groups in total. The van der Waals surface area contributed by atoms with Crippen molar-refractivity contribution >= 4 is 33.7 Å². The highest BCUT2D eigenvalue weighted by molar-refractivity contribution is 9.10. The fourth-order valence-electron chi connectivity index (χ4n) is 2.83. The number of fused-ring (bicyclic) bond motifs is 1.